The number of aromatic nitrogens is 3. The van der Waals surface area contributed by atoms with Crippen LogP contribution in [0.15, 0.2) is 57.8 Å². The lowest BCUT2D eigenvalue weighted by Crippen LogP contribution is -2.16. The van der Waals surface area contributed by atoms with Gasteiger partial charge in [0.15, 0.2) is 11.6 Å². The van der Waals surface area contributed by atoms with Gasteiger partial charge in [0.25, 0.3) is 0 Å². The molecule has 0 bridgehead atoms. The predicted octanol–water partition coefficient (Wildman–Crippen LogP) is 3.96. The Morgan fingerprint density at radius 1 is 1.17 bits per heavy atom. The SMILES string of the molecule is O=C(c1ccco1)n1nc(-c2cccs2)nc1NCc1cccs1. The van der Waals surface area contributed by atoms with Crippen LogP contribution in [0, 0.1) is 0 Å². The lowest BCUT2D eigenvalue weighted by molar-refractivity contribution is 0.0920. The molecule has 0 radical (unpaired) electrons. The van der Waals surface area contributed by atoms with Gasteiger partial charge in [-0.2, -0.15) is 9.67 Å². The van der Waals surface area contributed by atoms with Crippen LogP contribution in [-0.4, -0.2) is 20.7 Å². The zero-order valence-corrected chi connectivity index (χ0v) is 14.0. The molecule has 4 aromatic rings. The molecule has 1 N–H and O–H groups in total. The lowest BCUT2D eigenvalue weighted by Gasteiger charge is -2.04. The molecule has 0 saturated carbocycles. The summed E-state index contributed by atoms with van der Waals surface area (Å²) in [5, 5.41) is 11.5. The average Bonchev–Trinajstić information content (AvgIpc) is 3.41. The average molecular weight is 356 g/mol. The summed E-state index contributed by atoms with van der Waals surface area (Å²) in [6, 6.07) is 11.1. The molecule has 120 valence electrons. The highest BCUT2D eigenvalue weighted by atomic mass is 32.1. The van der Waals surface area contributed by atoms with Crippen molar-refractivity contribution in [3.05, 3.63) is 64.1 Å². The second kappa shape index (κ2) is 6.42. The Kier molecular flexibility index (Phi) is 3.97. The molecule has 0 amide bonds. The number of hydrogen-bond acceptors (Lipinski definition) is 7. The largest absolute Gasteiger partial charge is 0.459 e. The third-order valence-corrected chi connectivity index (χ3v) is 5.02. The molecule has 4 aromatic heterocycles. The second-order valence-corrected chi connectivity index (χ2v) is 6.84. The fraction of sp³-hybridized carbons (Fsp3) is 0.0625. The summed E-state index contributed by atoms with van der Waals surface area (Å²) in [5.41, 5.74) is 0. The van der Waals surface area contributed by atoms with Crippen molar-refractivity contribution in [3.8, 4) is 10.7 Å². The van der Waals surface area contributed by atoms with E-state index >= 15 is 0 Å². The predicted molar refractivity (Wildman–Crippen MR) is 93.4 cm³/mol. The summed E-state index contributed by atoms with van der Waals surface area (Å²) in [4.78, 5) is 19.1. The first-order valence-corrected chi connectivity index (χ1v) is 8.92. The van der Waals surface area contributed by atoms with Gasteiger partial charge in [-0.15, -0.1) is 27.8 Å². The van der Waals surface area contributed by atoms with Crippen LogP contribution in [0.1, 0.15) is 15.4 Å². The zero-order chi connectivity index (χ0) is 16.4. The standard InChI is InChI=1S/C16H12N4O2S2/c21-15(12-5-1-7-22-12)20-16(17-10-11-4-2-8-23-11)18-14(19-20)13-6-3-9-24-13/h1-9H,10H2,(H,17,18,19). The molecule has 4 heterocycles. The van der Waals surface area contributed by atoms with Gasteiger partial charge in [-0.1, -0.05) is 12.1 Å². The number of carbonyl (C=O) groups is 1. The van der Waals surface area contributed by atoms with Crippen molar-refractivity contribution in [1.29, 1.82) is 0 Å². The molecule has 0 atom stereocenters. The van der Waals surface area contributed by atoms with E-state index in [4.69, 9.17) is 4.42 Å². The number of anilines is 1. The minimum atomic E-state index is -0.357. The molecule has 0 aliphatic carbocycles. The Balaban J connectivity index is 1.68. The van der Waals surface area contributed by atoms with Crippen LogP contribution in [0.3, 0.4) is 0 Å². The van der Waals surface area contributed by atoms with E-state index in [1.165, 1.54) is 22.3 Å². The normalized spacial score (nSPS) is 10.8. The first-order valence-electron chi connectivity index (χ1n) is 7.16. The van der Waals surface area contributed by atoms with E-state index in [-0.39, 0.29) is 11.7 Å². The van der Waals surface area contributed by atoms with Crippen molar-refractivity contribution >= 4 is 34.5 Å². The van der Waals surface area contributed by atoms with Gasteiger partial charge in [0, 0.05) is 4.88 Å². The number of furan rings is 1. The molecule has 0 saturated heterocycles. The van der Waals surface area contributed by atoms with Gasteiger partial charge < -0.3 is 9.73 Å². The minimum absolute atomic E-state index is 0.219. The Hall–Kier alpha value is -2.71. The van der Waals surface area contributed by atoms with Gasteiger partial charge in [-0.05, 0) is 35.0 Å². The summed E-state index contributed by atoms with van der Waals surface area (Å²) < 4.78 is 6.45. The number of rotatable bonds is 5. The van der Waals surface area contributed by atoms with E-state index in [9.17, 15) is 4.79 Å². The van der Waals surface area contributed by atoms with Crippen molar-refractivity contribution in [2.75, 3.05) is 5.32 Å². The van der Waals surface area contributed by atoms with Crippen molar-refractivity contribution < 1.29 is 9.21 Å². The Labute approximate surface area is 145 Å². The molecule has 6 nitrogen and oxygen atoms in total. The van der Waals surface area contributed by atoms with Crippen LogP contribution < -0.4 is 5.32 Å². The van der Waals surface area contributed by atoms with E-state index in [2.05, 4.69) is 15.4 Å². The minimum Gasteiger partial charge on any atom is -0.459 e. The van der Waals surface area contributed by atoms with Crippen molar-refractivity contribution in [2.45, 2.75) is 6.54 Å². The molecule has 24 heavy (non-hydrogen) atoms. The Morgan fingerprint density at radius 2 is 2.04 bits per heavy atom. The maximum absolute atomic E-state index is 12.6. The maximum Gasteiger partial charge on any atom is 0.317 e. The van der Waals surface area contributed by atoms with Gasteiger partial charge in [0.05, 0.1) is 17.7 Å². The molecule has 4 rings (SSSR count). The van der Waals surface area contributed by atoms with Crippen molar-refractivity contribution in [2.24, 2.45) is 0 Å². The third kappa shape index (κ3) is 2.89. The van der Waals surface area contributed by atoms with Gasteiger partial charge in [0.2, 0.25) is 5.95 Å². The number of carbonyl (C=O) groups excluding carboxylic acids is 1. The van der Waals surface area contributed by atoms with Crippen LogP contribution in [0.25, 0.3) is 10.7 Å². The van der Waals surface area contributed by atoms with E-state index in [1.54, 1.807) is 23.5 Å². The second-order valence-electron chi connectivity index (χ2n) is 4.86. The molecular weight excluding hydrogens is 344 g/mol. The van der Waals surface area contributed by atoms with E-state index in [0.29, 0.717) is 18.3 Å². The molecule has 8 heteroatoms. The summed E-state index contributed by atoms with van der Waals surface area (Å²) >= 11 is 3.16. The summed E-state index contributed by atoms with van der Waals surface area (Å²) in [6.07, 6.45) is 1.46. The highest BCUT2D eigenvalue weighted by molar-refractivity contribution is 7.13. The van der Waals surface area contributed by atoms with Crippen LogP contribution >= 0.6 is 22.7 Å². The highest BCUT2D eigenvalue weighted by Gasteiger charge is 2.20. The zero-order valence-electron chi connectivity index (χ0n) is 12.4. The third-order valence-electron chi connectivity index (χ3n) is 3.27. The van der Waals surface area contributed by atoms with E-state index in [0.717, 1.165) is 9.75 Å². The molecule has 0 aliphatic heterocycles. The molecule has 0 aromatic carbocycles. The van der Waals surface area contributed by atoms with Gasteiger partial charge in [-0.3, -0.25) is 4.79 Å². The van der Waals surface area contributed by atoms with E-state index < -0.39 is 0 Å². The summed E-state index contributed by atoms with van der Waals surface area (Å²) in [6.45, 7) is 0.575. The van der Waals surface area contributed by atoms with Gasteiger partial charge in [-0.25, -0.2) is 0 Å². The molecule has 0 aliphatic rings. The topological polar surface area (TPSA) is 73.0 Å². The van der Waals surface area contributed by atoms with Crippen molar-refractivity contribution in [1.82, 2.24) is 14.8 Å². The Morgan fingerprint density at radius 3 is 2.75 bits per heavy atom. The number of nitrogens with one attached hydrogen (secondary N) is 1. The van der Waals surface area contributed by atoms with Crippen LogP contribution in [0.4, 0.5) is 5.95 Å². The van der Waals surface area contributed by atoms with Crippen LogP contribution in [0.5, 0.6) is 0 Å². The molecule has 0 spiro atoms. The number of hydrogen-bond donors (Lipinski definition) is 1. The summed E-state index contributed by atoms with van der Waals surface area (Å²) in [5.74, 6) is 0.771. The lowest BCUT2D eigenvalue weighted by atomic mass is 10.4. The number of nitrogens with zero attached hydrogens (tertiary/aromatic N) is 3. The van der Waals surface area contributed by atoms with Crippen LogP contribution in [-0.2, 0) is 6.54 Å². The Bertz CT molecular complexity index is 925. The van der Waals surface area contributed by atoms with Gasteiger partial charge >= 0.3 is 5.91 Å². The molecule has 0 unspecified atom stereocenters. The molecular formula is C16H12N4O2S2. The first-order chi connectivity index (χ1) is 11.8. The maximum atomic E-state index is 12.6. The molecule has 0 fully saturated rings. The monoisotopic (exact) mass is 356 g/mol. The van der Waals surface area contributed by atoms with Gasteiger partial charge in [0.1, 0.15) is 0 Å². The van der Waals surface area contributed by atoms with Crippen LogP contribution in [0.2, 0.25) is 0 Å². The smallest absolute Gasteiger partial charge is 0.317 e. The number of thiophene rings is 2. The highest BCUT2D eigenvalue weighted by Crippen LogP contribution is 2.24. The first kappa shape index (κ1) is 14.9. The quantitative estimate of drug-likeness (QED) is 0.586. The fourth-order valence-electron chi connectivity index (χ4n) is 2.16. The fourth-order valence-corrected chi connectivity index (χ4v) is 3.46. The van der Waals surface area contributed by atoms with E-state index in [1.807, 2.05) is 35.0 Å². The summed E-state index contributed by atoms with van der Waals surface area (Å²) in [7, 11) is 0. The van der Waals surface area contributed by atoms with Crippen molar-refractivity contribution in [3.63, 3.8) is 0 Å².